The van der Waals surface area contributed by atoms with Crippen LogP contribution in [0, 0.1) is 5.41 Å². The van der Waals surface area contributed by atoms with Crippen LogP contribution < -0.4 is 0 Å². The van der Waals surface area contributed by atoms with E-state index >= 15 is 0 Å². The summed E-state index contributed by atoms with van der Waals surface area (Å²) in [6, 6.07) is 0. The molecule has 0 aromatic rings. The average Bonchev–Trinajstić information content (AvgIpc) is 2.62. The monoisotopic (exact) mass is 302 g/mol. The molecular formula is C15H30N2O4. The van der Waals surface area contributed by atoms with Crippen molar-refractivity contribution in [2.75, 3.05) is 45.9 Å². The Hall–Kier alpha value is -0.850. The van der Waals surface area contributed by atoms with Gasteiger partial charge in [-0.3, -0.25) is 0 Å². The first-order valence-corrected chi connectivity index (χ1v) is 7.61. The third kappa shape index (κ3) is 6.20. The van der Waals surface area contributed by atoms with Gasteiger partial charge in [0.25, 0.3) is 0 Å². The molecule has 21 heavy (non-hydrogen) atoms. The fraction of sp³-hybridized carbons (Fsp3) is 0.933. The lowest BCUT2D eigenvalue weighted by Crippen LogP contribution is -2.43. The lowest BCUT2D eigenvalue weighted by atomic mass is 9.92. The molecule has 1 aliphatic heterocycles. The fourth-order valence-corrected chi connectivity index (χ4v) is 2.33. The highest BCUT2D eigenvalue weighted by molar-refractivity contribution is 5.68. The number of carbonyl (C=O) groups is 1. The number of hydrogen-bond donors (Lipinski definition) is 2. The standard InChI is InChI=1S/C15H30N2O4/c1-14(2,3)21-13(20)17-7-5-6-16(8-9-17)10-15(4,11-18)12-19/h18-19H,5-12H2,1-4H3. The summed E-state index contributed by atoms with van der Waals surface area (Å²) in [5.41, 5.74) is -0.976. The van der Waals surface area contributed by atoms with Crippen molar-refractivity contribution in [1.82, 2.24) is 9.80 Å². The highest BCUT2D eigenvalue weighted by Crippen LogP contribution is 2.18. The lowest BCUT2D eigenvalue weighted by molar-refractivity contribution is 0.0231. The Balaban J connectivity index is 2.52. The molecule has 0 radical (unpaired) electrons. The Morgan fingerprint density at radius 1 is 1.05 bits per heavy atom. The topological polar surface area (TPSA) is 73.2 Å². The van der Waals surface area contributed by atoms with Gasteiger partial charge >= 0.3 is 6.09 Å². The third-order valence-electron chi connectivity index (χ3n) is 3.61. The molecule has 0 aromatic carbocycles. The summed E-state index contributed by atoms with van der Waals surface area (Å²) in [6.07, 6.45) is 0.600. The van der Waals surface area contributed by atoms with Crippen molar-refractivity contribution < 1.29 is 19.7 Å². The van der Waals surface area contributed by atoms with Gasteiger partial charge in [0.15, 0.2) is 0 Å². The zero-order chi connectivity index (χ0) is 16.1. The molecule has 0 bridgehead atoms. The Kier molecular flexibility index (Phi) is 6.43. The first-order valence-electron chi connectivity index (χ1n) is 7.61. The molecule has 124 valence electrons. The quantitative estimate of drug-likeness (QED) is 0.808. The Bertz CT molecular complexity index is 337. The van der Waals surface area contributed by atoms with Crippen LogP contribution in [0.25, 0.3) is 0 Å². The number of aliphatic hydroxyl groups excluding tert-OH is 2. The summed E-state index contributed by atoms with van der Waals surface area (Å²) in [5.74, 6) is 0. The van der Waals surface area contributed by atoms with Gasteiger partial charge in [0.2, 0.25) is 0 Å². The van der Waals surface area contributed by atoms with Crippen molar-refractivity contribution in [2.45, 2.75) is 39.7 Å². The van der Waals surface area contributed by atoms with Crippen LogP contribution >= 0.6 is 0 Å². The molecule has 0 aliphatic carbocycles. The first-order chi connectivity index (χ1) is 9.69. The van der Waals surface area contributed by atoms with E-state index in [4.69, 9.17) is 4.74 Å². The maximum Gasteiger partial charge on any atom is 0.410 e. The zero-order valence-electron chi connectivity index (χ0n) is 13.8. The summed E-state index contributed by atoms with van der Waals surface area (Å²) in [7, 11) is 0. The zero-order valence-corrected chi connectivity index (χ0v) is 13.8. The largest absolute Gasteiger partial charge is 0.444 e. The average molecular weight is 302 g/mol. The van der Waals surface area contributed by atoms with E-state index in [0.717, 1.165) is 19.5 Å². The van der Waals surface area contributed by atoms with Gasteiger partial charge in [-0.2, -0.15) is 0 Å². The van der Waals surface area contributed by atoms with Gasteiger partial charge in [0.1, 0.15) is 5.60 Å². The van der Waals surface area contributed by atoms with E-state index in [2.05, 4.69) is 4.90 Å². The molecule has 1 amide bonds. The molecule has 0 saturated carbocycles. The van der Waals surface area contributed by atoms with E-state index in [9.17, 15) is 15.0 Å². The van der Waals surface area contributed by atoms with Crippen molar-refractivity contribution in [2.24, 2.45) is 5.41 Å². The van der Waals surface area contributed by atoms with Crippen molar-refractivity contribution in [1.29, 1.82) is 0 Å². The van der Waals surface area contributed by atoms with Gasteiger partial charge in [-0.25, -0.2) is 4.79 Å². The molecule has 0 unspecified atom stereocenters. The second-order valence-electron chi connectivity index (χ2n) is 7.22. The Labute approximate surface area is 127 Å². The molecule has 6 nitrogen and oxygen atoms in total. The van der Waals surface area contributed by atoms with Gasteiger partial charge in [-0.1, -0.05) is 6.92 Å². The highest BCUT2D eigenvalue weighted by atomic mass is 16.6. The Morgan fingerprint density at radius 2 is 1.67 bits per heavy atom. The molecule has 6 heteroatoms. The van der Waals surface area contributed by atoms with Gasteiger partial charge in [-0.15, -0.1) is 0 Å². The summed E-state index contributed by atoms with van der Waals surface area (Å²) in [5, 5.41) is 18.8. The molecule has 1 fully saturated rings. The number of aliphatic hydroxyl groups is 2. The van der Waals surface area contributed by atoms with Crippen LogP contribution in [0.4, 0.5) is 4.79 Å². The smallest absolute Gasteiger partial charge is 0.410 e. The molecule has 2 N–H and O–H groups in total. The fourth-order valence-electron chi connectivity index (χ4n) is 2.33. The van der Waals surface area contributed by atoms with E-state index < -0.39 is 11.0 Å². The van der Waals surface area contributed by atoms with Crippen LogP contribution in [-0.2, 0) is 4.74 Å². The Morgan fingerprint density at radius 3 is 2.19 bits per heavy atom. The molecule has 0 aromatic heterocycles. The maximum absolute atomic E-state index is 12.1. The summed E-state index contributed by atoms with van der Waals surface area (Å²) in [6.45, 7) is 10.9. The molecule has 1 aliphatic rings. The minimum atomic E-state index is -0.499. The van der Waals surface area contributed by atoms with Gasteiger partial charge in [0, 0.05) is 31.6 Å². The predicted molar refractivity (Wildman–Crippen MR) is 81.1 cm³/mol. The first kappa shape index (κ1) is 18.2. The van der Waals surface area contributed by atoms with E-state index in [1.807, 2.05) is 27.7 Å². The number of rotatable bonds is 4. The predicted octanol–water partition coefficient (Wildman–Crippen LogP) is 0.920. The number of amides is 1. The second kappa shape index (κ2) is 7.42. The molecule has 1 heterocycles. The molecule has 1 saturated heterocycles. The number of ether oxygens (including phenoxy) is 1. The van der Waals surface area contributed by atoms with Crippen molar-refractivity contribution in [3.8, 4) is 0 Å². The van der Waals surface area contributed by atoms with Crippen LogP contribution in [-0.4, -0.2) is 77.6 Å². The highest BCUT2D eigenvalue weighted by Gasteiger charge is 2.29. The minimum Gasteiger partial charge on any atom is -0.444 e. The summed E-state index contributed by atoms with van der Waals surface area (Å²) >= 11 is 0. The minimum absolute atomic E-state index is 0.0459. The van der Waals surface area contributed by atoms with Crippen LogP contribution in [0.1, 0.15) is 34.1 Å². The normalized spacial score (nSPS) is 18.5. The summed E-state index contributed by atoms with van der Waals surface area (Å²) in [4.78, 5) is 16.0. The SMILES string of the molecule is CC(CO)(CO)CN1CCCN(C(=O)OC(C)(C)C)CC1. The van der Waals surface area contributed by atoms with Crippen molar-refractivity contribution >= 4 is 6.09 Å². The third-order valence-corrected chi connectivity index (χ3v) is 3.61. The van der Waals surface area contributed by atoms with Crippen molar-refractivity contribution in [3.63, 3.8) is 0 Å². The van der Waals surface area contributed by atoms with Gasteiger partial charge in [0.05, 0.1) is 13.2 Å². The maximum atomic E-state index is 12.1. The number of carbonyl (C=O) groups excluding carboxylic acids is 1. The molecule has 1 rings (SSSR count). The van der Waals surface area contributed by atoms with E-state index in [0.29, 0.717) is 19.6 Å². The van der Waals surface area contributed by atoms with Gasteiger partial charge < -0.3 is 24.7 Å². The molecular weight excluding hydrogens is 272 g/mol. The lowest BCUT2D eigenvalue weighted by Gasteiger charge is -2.32. The van der Waals surface area contributed by atoms with Crippen LogP contribution in [0.5, 0.6) is 0 Å². The number of nitrogens with zero attached hydrogens (tertiary/aromatic N) is 2. The van der Waals surface area contributed by atoms with E-state index in [1.165, 1.54) is 0 Å². The second-order valence-corrected chi connectivity index (χ2v) is 7.22. The van der Waals surface area contributed by atoms with Crippen molar-refractivity contribution in [3.05, 3.63) is 0 Å². The van der Waals surface area contributed by atoms with Gasteiger partial charge in [-0.05, 0) is 33.7 Å². The van der Waals surface area contributed by atoms with Crippen LogP contribution in [0.3, 0.4) is 0 Å². The summed E-state index contributed by atoms with van der Waals surface area (Å²) < 4.78 is 5.40. The van der Waals surface area contributed by atoms with E-state index in [1.54, 1.807) is 4.90 Å². The molecule has 0 spiro atoms. The van der Waals surface area contributed by atoms with E-state index in [-0.39, 0.29) is 19.3 Å². The molecule has 0 atom stereocenters. The number of hydrogen-bond acceptors (Lipinski definition) is 5. The van der Waals surface area contributed by atoms with Crippen LogP contribution in [0.2, 0.25) is 0 Å². The van der Waals surface area contributed by atoms with Crippen LogP contribution in [0.15, 0.2) is 0 Å².